The van der Waals surface area contributed by atoms with Gasteiger partial charge in [-0.25, -0.2) is 0 Å². The minimum Gasteiger partial charge on any atom is -0.309 e. The third-order valence-electron chi connectivity index (χ3n) is 8.17. The largest absolute Gasteiger partial charge is 0.309 e. The molecule has 0 fully saturated rings. The van der Waals surface area contributed by atoms with Gasteiger partial charge in [0.25, 0.3) is 0 Å². The van der Waals surface area contributed by atoms with E-state index in [2.05, 4.69) is 144 Å². The fourth-order valence-electron chi connectivity index (χ4n) is 6.66. The van der Waals surface area contributed by atoms with Crippen molar-refractivity contribution in [2.75, 3.05) is 0 Å². The van der Waals surface area contributed by atoms with Gasteiger partial charge in [0.15, 0.2) is 0 Å². The number of rotatable bonds is 3. The second-order valence-electron chi connectivity index (χ2n) is 10.0. The van der Waals surface area contributed by atoms with Gasteiger partial charge in [-0.3, -0.25) is 0 Å². The molecule has 0 unspecified atom stereocenters. The molecule has 2 heterocycles. The number of para-hydroxylation sites is 2. The van der Waals surface area contributed by atoms with Crippen molar-refractivity contribution in [2.45, 2.75) is 5.41 Å². The SMILES string of the molecule is [c]1ccccc1-c1ccc2c(c1)c1cccc3c1n2-c1ccccc1C3(c1ccccc1)c1ccccc1. The van der Waals surface area contributed by atoms with Gasteiger partial charge >= 0.3 is 0 Å². The molecular weight excluding hydrogens is 458 g/mol. The van der Waals surface area contributed by atoms with Gasteiger partial charge in [-0.05, 0) is 57.6 Å². The number of hydrogen-bond donors (Lipinski definition) is 0. The summed E-state index contributed by atoms with van der Waals surface area (Å²) in [4.78, 5) is 0. The third kappa shape index (κ3) is 2.76. The Hall–Kier alpha value is -4.88. The highest BCUT2D eigenvalue weighted by atomic mass is 15.0. The van der Waals surface area contributed by atoms with Crippen LogP contribution in [-0.2, 0) is 5.41 Å². The van der Waals surface area contributed by atoms with Crippen LogP contribution < -0.4 is 0 Å². The molecule has 0 bridgehead atoms. The molecule has 0 saturated heterocycles. The van der Waals surface area contributed by atoms with Gasteiger partial charge in [-0.2, -0.15) is 0 Å². The molecule has 1 nitrogen and oxygen atoms in total. The Morgan fingerprint density at radius 1 is 0.526 bits per heavy atom. The van der Waals surface area contributed by atoms with Crippen LogP contribution in [0.5, 0.6) is 0 Å². The van der Waals surface area contributed by atoms with E-state index in [0.717, 1.165) is 5.56 Å². The van der Waals surface area contributed by atoms with Gasteiger partial charge in [0.1, 0.15) is 0 Å². The molecule has 0 spiro atoms. The molecule has 6 aromatic carbocycles. The van der Waals surface area contributed by atoms with Crippen LogP contribution in [0.1, 0.15) is 22.3 Å². The Morgan fingerprint density at radius 2 is 1.21 bits per heavy atom. The van der Waals surface area contributed by atoms with E-state index in [1.54, 1.807) is 0 Å². The summed E-state index contributed by atoms with van der Waals surface area (Å²) in [6, 6.07) is 56.3. The Morgan fingerprint density at radius 3 is 1.95 bits per heavy atom. The van der Waals surface area contributed by atoms with Crippen molar-refractivity contribution < 1.29 is 0 Å². The lowest BCUT2D eigenvalue weighted by Gasteiger charge is -2.41. The van der Waals surface area contributed by atoms with E-state index in [4.69, 9.17) is 0 Å². The molecule has 0 saturated carbocycles. The minimum atomic E-state index is -0.432. The predicted octanol–water partition coefficient (Wildman–Crippen LogP) is 8.95. The highest BCUT2D eigenvalue weighted by Crippen LogP contribution is 2.54. The minimum absolute atomic E-state index is 0.432. The summed E-state index contributed by atoms with van der Waals surface area (Å²) in [6.45, 7) is 0. The molecule has 1 radical (unpaired) electrons. The summed E-state index contributed by atoms with van der Waals surface area (Å²) in [5.41, 5.74) is 10.8. The van der Waals surface area contributed by atoms with Crippen molar-refractivity contribution in [3.05, 3.63) is 174 Å². The molecule has 8 rings (SSSR count). The van der Waals surface area contributed by atoms with E-state index in [0.29, 0.717) is 0 Å². The van der Waals surface area contributed by atoms with Crippen molar-refractivity contribution in [3.8, 4) is 16.8 Å². The van der Waals surface area contributed by atoms with E-state index in [-0.39, 0.29) is 0 Å². The standard InChI is InChI=1S/C37H24N/c1-4-13-26(14-5-1)27-23-24-34-31(25-27)30-19-12-21-33-36(30)38(34)35-22-11-10-20-32(35)37(33,28-15-6-2-7-16-28)29-17-8-3-9-18-29/h1-13,15-25H. The Balaban J connectivity index is 1.57. The molecule has 1 heteroatoms. The average Bonchev–Trinajstić information content (AvgIpc) is 3.34. The zero-order valence-corrected chi connectivity index (χ0v) is 20.8. The molecule has 0 N–H and O–H groups in total. The predicted molar refractivity (Wildman–Crippen MR) is 157 cm³/mol. The number of hydrogen-bond acceptors (Lipinski definition) is 0. The zero-order valence-electron chi connectivity index (χ0n) is 20.8. The van der Waals surface area contributed by atoms with Gasteiger partial charge < -0.3 is 4.57 Å². The molecule has 177 valence electrons. The monoisotopic (exact) mass is 482 g/mol. The highest BCUT2D eigenvalue weighted by Gasteiger charge is 2.44. The summed E-state index contributed by atoms with van der Waals surface area (Å²) in [5, 5.41) is 2.55. The molecular formula is C37H24N. The summed E-state index contributed by atoms with van der Waals surface area (Å²) >= 11 is 0. The Labute approximate surface area is 222 Å². The molecule has 0 amide bonds. The van der Waals surface area contributed by atoms with Gasteiger partial charge in [0, 0.05) is 10.8 Å². The van der Waals surface area contributed by atoms with Crippen molar-refractivity contribution in [2.24, 2.45) is 0 Å². The van der Waals surface area contributed by atoms with E-state index >= 15 is 0 Å². The lowest BCUT2D eigenvalue weighted by molar-refractivity contribution is 0.728. The van der Waals surface area contributed by atoms with Crippen LogP contribution >= 0.6 is 0 Å². The van der Waals surface area contributed by atoms with Crippen LogP contribution in [-0.4, -0.2) is 4.57 Å². The van der Waals surface area contributed by atoms with Crippen LogP contribution in [0.15, 0.2) is 146 Å². The second-order valence-corrected chi connectivity index (χ2v) is 10.0. The lowest BCUT2D eigenvalue weighted by atomic mass is 9.63. The van der Waals surface area contributed by atoms with Crippen molar-refractivity contribution in [1.82, 2.24) is 4.57 Å². The molecule has 1 aliphatic heterocycles. The number of aromatic nitrogens is 1. The van der Waals surface area contributed by atoms with E-state index in [1.807, 2.05) is 12.1 Å². The zero-order chi connectivity index (χ0) is 25.1. The maximum Gasteiger partial charge on any atom is 0.0742 e. The summed E-state index contributed by atoms with van der Waals surface area (Å²) in [5.74, 6) is 0. The van der Waals surface area contributed by atoms with Gasteiger partial charge in [-0.1, -0.05) is 127 Å². The molecule has 0 atom stereocenters. The third-order valence-corrected chi connectivity index (χ3v) is 8.17. The van der Waals surface area contributed by atoms with E-state index in [1.165, 1.54) is 55.3 Å². The van der Waals surface area contributed by atoms with Crippen molar-refractivity contribution >= 4 is 21.8 Å². The maximum absolute atomic E-state index is 3.41. The van der Waals surface area contributed by atoms with Gasteiger partial charge in [0.2, 0.25) is 0 Å². The normalized spacial score (nSPS) is 13.5. The Kier molecular flexibility index (Phi) is 4.50. The summed E-state index contributed by atoms with van der Waals surface area (Å²) < 4.78 is 2.48. The molecule has 38 heavy (non-hydrogen) atoms. The lowest BCUT2D eigenvalue weighted by Crippen LogP contribution is -2.35. The van der Waals surface area contributed by atoms with E-state index < -0.39 is 5.41 Å². The van der Waals surface area contributed by atoms with Crippen molar-refractivity contribution in [1.29, 1.82) is 0 Å². The van der Waals surface area contributed by atoms with Crippen LogP contribution in [0.4, 0.5) is 0 Å². The second kappa shape index (κ2) is 8.06. The van der Waals surface area contributed by atoms with Crippen LogP contribution in [0.2, 0.25) is 0 Å². The first-order valence-corrected chi connectivity index (χ1v) is 13.1. The number of nitrogens with zero attached hydrogens (tertiary/aromatic N) is 1. The maximum atomic E-state index is 3.41. The van der Waals surface area contributed by atoms with E-state index in [9.17, 15) is 0 Å². The number of fused-ring (bicyclic) bond motifs is 5. The number of benzene rings is 6. The first-order chi connectivity index (χ1) is 18.9. The fourth-order valence-corrected chi connectivity index (χ4v) is 6.66. The molecule has 0 aliphatic carbocycles. The Bertz CT molecular complexity index is 1910. The molecule has 1 aromatic heterocycles. The van der Waals surface area contributed by atoms with Gasteiger partial charge in [-0.15, -0.1) is 0 Å². The van der Waals surface area contributed by atoms with Crippen LogP contribution in [0.25, 0.3) is 38.6 Å². The molecule has 1 aliphatic rings. The smallest absolute Gasteiger partial charge is 0.0742 e. The fraction of sp³-hybridized carbons (Fsp3) is 0.0270. The molecule has 7 aromatic rings. The summed E-state index contributed by atoms with van der Waals surface area (Å²) in [7, 11) is 0. The van der Waals surface area contributed by atoms with Gasteiger partial charge in [0.05, 0.1) is 22.1 Å². The van der Waals surface area contributed by atoms with Crippen LogP contribution in [0, 0.1) is 6.07 Å². The highest BCUT2D eigenvalue weighted by molar-refractivity contribution is 6.13. The van der Waals surface area contributed by atoms with Crippen LogP contribution in [0.3, 0.4) is 0 Å². The van der Waals surface area contributed by atoms with Crippen molar-refractivity contribution in [3.63, 3.8) is 0 Å². The topological polar surface area (TPSA) is 4.93 Å². The average molecular weight is 483 g/mol. The first kappa shape index (κ1) is 21.2. The quantitative estimate of drug-likeness (QED) is 0.237. The summed E-state index contributed by atoms with van der Waals surface area (Å²) in [6.07, 6.45) is 0. The first-order valence-electron chi connectivity index (χ1n) is 13.1.